The standard InChI is InChI=1S/C12H17N3O3S/c1-18-12-10-4-6-15(19(16,17)9-2-3-9)7-5-11(10)13-8-14-12/h8-9H,2-7H2,1H3. The maximum absolute atomic E-state index is 12.3. The van der Waals surface area contributed by atoms with Crippen LogP contribution in [0.4, 0.5) is 0 Å². The lowest BCUT2D eigenvalue weighted by atomic mass is 10.1. The van der Waals surface area contributed by atoms with Crippen LogP contribution in [0, 0.1) is 0 Å². The van der Waals surface area contributed by atoms with Crippen LogP contribution in [-0.2, 0) is 22.9 Å². The topological polar surface area (TPSA) is 72.4 Å². The molecule has 1 aromatic rings. The first-order valence-electron chi connectivity index (χ1n) is 6.48. The Kier molecular flexibility index (Phi) is 3.18. The molecule has 0 saturated heterocycles. The molecule has 0 atom stereocenters. The van der Waals surface area contributed by atoms with Gasteiger partial charge in [-0.3, -0.25) is 0 Å². The van der Waals surface area contributed by atoms with Gasteiger partial charge in [-0.05, 0) is 19.3 Å². The van der Waals surface area contributed by atoms with Gasteiger partial charge >= 0.3 is 0 Å². The molecule has 0 spiro atoms. The Labute approximate surface area is 112 Å². The predicted octanol–water partition coefficient (Wildman–Crippen LogP) is 0.378. The molecule has 3 rings (SSSR count). The van der Waals surface area contributed by atoms with E-state index in [1.807, 2.05) is 0 Å². The predicted molar refractivity (Wildman–Crippen MR) is 69.5 cm³/mol. The van der Waals surface area contributed by atoms with Crippen LogP contribution in [0.5, 0.6) is 5.88 Å². The summed E-state index contributed by atoms with van der Waals surface area (Å²) < 4.78 is 31.4. The molecule has 0 radical (unpaired) electrons. The van der Waals surface area contributed by atoms with Crippen molar-refractivity contribution in [3.8, 4) is 5.88 Å². The van der Waals surface area contributed by atoms with Crippen LogP contribution in [0.25, 0.3) is 0 Å². The third-order valence-electron chi connectivity index (χ3n) is 3.70. The van der Waals surface area contributed by atoms with Gasteiger partial charge in [0.1, 0.15) is 6.33 Å². The summed E-state index contributed by atoms with van der Waals surface area (Å²) in [6.07, 6.45) is 4.32. The Hall–Kier alpha value is -1.21. The van der Waals surface area contributed by atoms with Crippen LogP contribution in [0.1, 0.15) is 24.1 Å². The molecule has 2 heterocycles. The van der Waals surface area contributed by atoms with Crippen molar-refractivity contribution in [2.24, 2.45) is 0 Å². The van der Waals surface area contributed by atoms with E-state index >= 15 is 0 Å². The van der Waals surface area contributed by atoms with Gasteiger partial charge in [-0.15, -0.1) is 0 Å². The van der Waals surface area contributed by atoms with Crippen molar-refractivity contribution in [1.29, 1.82) is 0 Å². The molecular formula is C12H17N3O3S. The van der Waals surface area contributed by atoms with Crippen LogP contribution < -0.4 is 4.74 Å². The molecule has 2 aliphatic rings. The van der Waals surface area contributed by atoms with Crippen molar-refractivity contribution in [2.75, 3.05) is 20.2 Å². The van der Waals surface area contributed by atoms with Crippen LogP contribution in [0.2, 0.25) is 0 Å². The van der Waals surface area contributed by atoms with Crippen molar-refractivity contribution in [1.82, 2.24) is 14.3 Å². The first kappa shape index (κ1) is 12.8. The highest BCUT2D eigenvalue weighted by molar-refractivity contribution is 7.90. The van der Waals surface area contributed by atoms with E-state index in [1.54, 1.807) is 11.4 Å². The Morgan fingerprint density at radius 1 is 1.26 bits per heavy atom. The second-order valence-electron chi connectivity index (χ2n) is 4.95. The third kappa shape index (κ3) is 2.32. The summed E-state index contributed by atoms with van der Waals surface area (Å²) in [6, 6.07) is 0. The van der Waals surface area contributed by atoms with Crippen LogP contribution in [-0.4, -0.2) is 48.1 Å². The molecule has 0 aromatic carbocycles. The second-order valence-corrected chi connectivity index (χ2v) is 7.16. The van der Waals surface area contributed by atoms with Crippen molar-refractivity contribution in [2.45, 2.75) is 30.9 Å². The molecule has 19 heavy (non-hydrogen) atoms. The molecule has 0 amide bonds. The first-order valence-corrected chi connectivity index (χ1v) is 7.99. The SMILES string of the molecule is COc1ncnc2c1CCN(S(=O)(=O)C1CC1)CC2. The van der Waals surface area contributed by atoms with E-state index in [-0.39, 0.29) is 5.25 Å². The number of fused-ring (bicyclic) bond motifs is 1. The number of aromatic nitrogens is 2. The van der Waals surface area contributed by atoms with E-state index in [9.17, 15) is 8.42 Å². The zero-order valence-corrected chi connectivity index (χ0v) is 11.7. The molecule has 104 valence electrons. The minimum absolute atomic E-state index is 0.151. The molecule has 1 aliphatic carbocycles. The van der Waals surface area contributed by atoms with E-state index in [4.69, 9.17) is 4.74 Å². The summed E-state index contributed by atoms with van der Waals surface area (Å²) in [6.45, 7) is 1.00. The van der Waals surface area contributed by atoms with Crippen molar-refractivity contribution >= 4 is 10.0 Å². The number of hydrogen-bond donors (Lipinski definition) is 0. The van der Waals surface area contributed by atoms with E-state index in [0.717, 1.165) is 24.1 Å². The number of rotatable bonds is 3. The third-order valence-corrected chi connectivity index (χ3v) is 6.10. The highest BCUT2D eigenvalue weighted by atomic mass is 32.2. The molecule has 0 N–H and O–H groups in total. The zero-order chi connectivity index (χ0) is 13.5. The fraction of sp³-hybridized carbons (Fsp3) is 0.667. The number of nitrogens with zero attached hydrogens (tertiary/aromatic N) is 3. The normalized spacial score (nSPS) is 20.7. The maximum Gasteiger partial charge on any atom is 0.219 e. The van der Waals surface area contributed by atoms with Gasteiger partial charge in [-0.1, -0.05) is 0 Å². The van der Waals surface area contributed by atoms with E-state index in [2.05, 4.69) is 9.97 Å². The number of sulfonamides is 1. The maximum atomic E-state index is 12.3. The zero-order valence-electron chi connectivity index (χ0n) is 10.9. The molecule has 0 unspecified atom stereocenters. The second kappa shape index (κ2) is 4.72. The summed E-state index contributed by atoms with van der Waals surface area (Å²) in [5, 5.41) is -0.151. The van der Waals surface area contributed by atoms with Gasteiger partial charge in [-0.25, -0.2) is 22.7 Å². The summed E-state index contributed by atoms with van der Waals surface area (Å²) in [4.78, 5) is 8.34. The quantitative estimate of drug-likeness (QED) is 0.802. The van der Waals surface area contributed by atoms with Gasteiger partial charge in [0.2, 0.25) is 15.9 Å². The Bertz CT molecular complexity index is 584. The molecular weight excluding hydrogens is 266 g/mol. The number of ether oxygens (including phenoxy) is 1. The van der Waals surface area contributed by atoms with Gasteiger partial charge in [0, 0.05) is 25.1 Å². The molecule has 1 fully saturated rings. The fourth-order valence-electron chi connectivity index (χ4n) is 2.48. The number of methoxy groups -OCH3 is 1. The van der Waals surface area contributed by atoms with Crippen molar-refractivity contribution < 1.29 is 13.2 Å². The molecule has 6 nitrogen and oxygen atoms in total. The summed E-state index contributed by atoms with van der Waals surface area (Å²) in [7, 11) is -1.53. The minimum atomic E-state index is -3.11. The molecule has 1 aliphatic heterocycles. The Balaban J connectivity index is 1.85. The number of hydrogen-bond acceptors (Lipinski definition) is 5. The molecule has 1 saturated carbocycles. The Morgan fingerprint density at radius 3 is 2.68 bits per heavy atom. The Morgan fingerprint density at radius 2 is 2.00 bits per heavy atom. The van der Waals surface area contributed by atoms with Gasteiger partial charge in [0.05, 0.1) is 18.1 Å². The lowest BCUT2D eigenvalue weighted by Gasteiger charge is -2.19. The first-order chi connectivity index (χ1) is 9.13. The summed E-state index contributed by atoms with van der Waals surface area (Å²) >= 11 is 0. The average Bonchev–Trinajstić information content (AvgIpc) is 3.23. The van der Waals surface area contributed by atoms with Gasteiger partial charge in [-0.2, -0.15) is 0 Å². The largest absolute Gasteiger partial charge is 0.481 e. The summed E-state index contributed by atoms with van der Waals surface area (Å²) in [5.41, 5.74) is 1.85. The van der Waals surface area contributed by atoms with Crippen LogP contribution in [0.3, 0.4) is 0 Å². The van der Waals surface area contributed by atoms with E-state index < -0.39 is 10.0 Å². The molecule has 7 heteroatoms. The summed E-state index contributed by atoms with van der Waals surface area (Å²) in [5.74, 6) is 0.565. The van der Waals surface area contributed by atoms with Crippen molar-refractivity contribution in [3.05, 3.63) is 17.6 Å². The highest BCUT2D eigenvalue weighted by Crippen LogP contribution is 2.32. The van der Waals surface area contributed by atoms with Gasteiger partial charge < -0.3 is 4.74 Å². The molecule has 0 bridgehead atoms. The monoisotopic (exact) mass is 283 g/mol. The van der Waals surface area contributed by atoms with Crippen LogP contribution in [0.15, 0.2) is 6.33 Å². The minimum Gasteiger partial charge on any atom is -0.481 e. The van der Waals surface area contributed by atoms with Crippen molar-refractivity contribution in [3.63, 3.8) is 0 Å². The fourth-order valence-corrected chi connectivity index (χ4v) is 4.33. The molecule has 1 aromatic heterocycles. The van der Waals surface area contributed by atoms with Gasteiger partial charge in [0.25, 0.3) is 0 Å². The van der Waals surface area contributed by atoms with Crippen LogP contribution >= 0.6 is 0 Å². The highest BCUT2D eigenvalue weighted by Gasteiger charge is 2.40. The van der Waals surface area contributed by atoms with E-state index in [1.165, 1.54) is 6.33 Å². The van der Waals surface area contributed by atoms with Gasteiger partial charge in [0.15, 0.2) is 0 Å². The lowest BCUT2D eigenvalue weighted by Crippen LogP contribution is -2.35. The smallest absolute Gasteiger partial charge is 0.219 e. The average molecular weight is 283 g/mol. The lowest BCUT2D eigenvalue weighted by molar-refractivity contribution is 0.388. The van der Waals surface area contributed by atoms with E-state index in [0.29, 0.717) is 31.8 Å².